The van der Waals surface area contributed by atoms with Crippen molar-refractivity contribution in [2.24, 2.45) is 0 Å². The lowest BCUT2D eigenvalue weighted by Crippen LogP contribution is -2.14. The zero-order chi connectivity index (χ0) is 17.8. The standard InChI is InChI=1S/C19H18ClN3OS/c1-13-9-14(2)11-16(10-13)22-18(24)12-25-19-21-7-8-23(19)17-5-3-15(20)4-6-17/h3-11H,12H2,1-2H3,(H,22,24). The first-order valence-electron chi connectivity index (χ1n) is 7.81. The Morgan fingerprint density at radius 1 is 1.16 bits per heavy atom. The van der Waals surface area contributed by atoms with E-state index in [0.29, 0.717) is 5.02 Å². The molecule has 1 aromatic heterocycles. The van der Waals surface area contributed by atoms with Crippen LogP contribution >= 0.6 is 23.4 Å². The topological polar surface area (TPSA) is 46.9 Å². The van der Waals surface area contributed by atoms with Crippen LogP contribution in [0.5, 0.6) is 0 Å². The normalized spacial score (nSPS) is 10.7. The third-order valence-electron chi connectivity index (χ3n) is 3.55. The van der Waals surface area contributed by atoms with Crippen molar-refractivity contribution in [1.29, 1.82) is 0 Å². The van der Waals surface area contributed by atoms with E-state index in [-0.39, 0.29) is 11.7 Å². The SMILES string of the molecule is Cc1cc(C)cc(NC(=O)CSc2nccn2-c2ccc(Cl)cc2)c1. The summed E-state index contributed by atoms with van der Waals surface area (Å²) in [6, 6.07) is 13.5. The maximum absolute atomic E-state index is 12.2. The van der Waals surface area contributed by atoms with E-state index in [1.54, 1.807) is 6.20 Å². The van der Waals surface area contributed by atoms with Gasteiger partial charge in [-0.3, -0.25) is 9.36 Å². The van der Waals surface area contributed by atoms with Gasteiger partial charge in [0.2, 0.25) is 5.91 Å². The molecule has 0 radical (unpaired) electrons. The molecule has 4 nitrogen and oxygen atoms in total. The lowest BCUT2D eigenvalue weighted by Gasteiger charge is -2.09. The fourth-order valence-corrected chi connectivity index (χ4v) is 3.47. The highest BCUT2D eigenvalue weighted by Crippen LogP contribution is 2.22. The molecule has 0 aliphatic heterocycles. The number of carbonyl (C=O) groups is 1. The number of thioether (sulfide) groups is 1. The summed E-state index contributed by atoms with van der Waals surface area (Å²) in [6.07, 6.45) is 3.59. The molecule has 25 heavy (non-hydrogen) atoms. The number of imidazole rings is 1. The van der Waals surface area contributed by atoms with Gasteiger partial charge in [0.15, 0.2) is 5.16 Å². The van der Waals surface area contributed by atoms with Crippen molar-refractivity contribution in [2.75, 3.05) is 11.1 Å². The molecule has 0 atom stereocenters. The number of aromatic nitrogens is 2. The van der Waals surface area contributed by atoms with E-state index in [1.807, 2.05) is 61.0 Å². The molecule has 1 heterocycles. The molecule has 0 aliphatic rings. The second-order valence-corrected chi connectivity index (χ2v) is 7.15. The third kappa shape index (κ3) is 4.65. The van der Waals surface area contributed by atoms with Crippen molar-refractivity contribution in [3.8, 4) is 5.69 Å². The van der Waals surface area contributed by atoms with Crippen molar-refractivity contribution in [3.63, 3.8) is 0 Å². The van der Waals surface area contributed by atoms with Crippen LogP contribution < -0.4 is 5.32 Å². The highest BCUT2D eigenvalue weighted by Gasteiger charge is 2.10. The second-order valence-electron chi connectivity index (χ2n) is 5.77. The predicted octanol–water partition coefficient (Wildman–Crippen LogP) is 4.87. The molecule has 2 aromatic carbocycles. The molecule has 6 heteroatoms. The van der Waals surface area contributed by atoms with E-state index in [4.69, 9.17) is 11.6 Å². The van der Waals surface area contributed by atoms with Crippen LogP contribution in [-0.2, 0) is 4.79 Å². The van der Waals surface area contributed by atoms with Crippen molar-refractivity contribution in [3.05, 3.63) is 71.0 Å². The molecule has 3 rings (SSSR count). The third-order valence-corrected chi connectivity index (χ3v) is 4.77. The van der Waals surface area contributed by atoms with Gasteiger partial charge in [0.1, 0.15) is 0 Å². The number of benzene rings is 2. The van der Waals surface area contributed by atoms with E-state index >= 15 is 0 Å². The number of hydrogen-bond donors (Lipinski definition) is 1. The van der Waals surface area contributed by atoms with Gasteiger partial charge in [-0.25, -0.2) is 4.98 Å². The van der Waals surface area contributed by atoms with Crippen LogP contribution in [0.1, 0.15) is 11.1 Å². The number of nitrogens with zero attached hydrogens (tertiary/aromatic N) is 2. The Balaban J connectivity index is 1.65. The van der Waals surface area contributed by atoms with Crippen molar-refractivity contribution in [1.82, 2.24) is 9.55 Å². The largest absolute Gasteiger partial charge is 0.325 e. The molecule has 1 N–H and O–H groups in total. The van der Waals surface area contributed by atoms with Crippen molar-refractivity contribution < 1.29 is 4.79 Å². The minimum absolute atomic E-state index is 0.0549. The van der Waals surface area contributed by atoms with Crippen molar-refractivity contribution >= 4 is 35.0 Å². The first-order valence-corrected chi connectivity index (χ1v) is 9.18. The second kappa shape index (κ2) is 7.76. The monoisotopic (exact) mass is 371 g/mol. The highest BCUT2D eigenvalue weighted by molar-refractivity contribution is 7.99. The summed E-state index contributed by atoms with van der Waals surface area (Å²) in [5.74, 6) is 0.234. The molecule has 0 fully saturated rings. The van der Waals surface area contributed by atoms with Gasteiger partial charge >= 0.3 is 0 Å². The Labute approximate surface area is 156 Å². The Morgan fingerprint density at radius 3 is 2.52 bits per heavy atom. The Kier molecular flexibility index (Phi) is 5.46. The molecule has 0 bridgehead atoms. The molecule has 3 aromatic rings. The van der Waals surface area contributed by atoms with Crippen molar-refractivity contribution in [2.45, 2.75) is 19.0 Å². The number of hydrogen-bond acceptors (Lipinski definition) is 3. The maximum atomic E-state index is 12.2. The molecule has 0 spiro atoms. The van der Waals surface area contributed by atoms with Gasteiger partial charge in [0, 0.05) is 28.8 Å². The number of amides is 1. The van der Waals surface area contributed by atoms with Crippen LogP contribution in [0.15, 0.2) is 60.0 Å². The Bertz CT molecular complexity index is 870. The number of nitrogens with one attached hydrogen (secondary N) is 1. The zero-order valence-electron chi connectivity index (χ0n) is 14.0. The molecule has 0 saturated heterocycles. The van der Waals surface area contributed by atoms with Crippen LogP contribution in [0.2, 0.25) is 5.02 Å². The van der Waals surface area contributed by atoms with Gasteiger partial charge < -0.3 is 5.32 Å². The van der Waals surface area contributed by atoms with E-state index < -0.39 is 0 Å². The zero-order valence-corrected chi connectivity index (χ0v) is 15.6. The molecule has 1 amide bonds. The van der Waals surface area contributed by atoms with Gasteiger partial charge in [0.05, 0.1) is 5.75 Å². The van der Waals surface area contributed by atoms with Gasteiger partial charge in [0.25, 0.3) is 0 Å². The van der Waals surface area contributed by atoms with Gasteiger partial charge in [-0.05, 0) is 61.4 Å². The van der Waals surface area contributed by atoms with E-state index in [9.17, 15) is 4.79 Å². The lowest BCUT2D eigenvalue weighted by atomic mass is 10.1. The summed E-state index contributed by atoms with van der Waals surface area (Å²) in [7, 11) is 0. The molecule has 0 saturated carbocycles. The summed E-state index contributed by atoms with van der Waals surface area (Å²) >= 11 is 7.33. The summed E-state index contributed by atoms with van der Waals surface area (Å²) in [4.78, 5) is 16.6. The van der Waals surface area contributed by atoms with E-state index in [0.717, 1.165) is 27.7 Å². The Hall–Kier alpha value is -2.24. The number of rotatable bonds is 5. The average molecular weight is 372 g/mol. The number of carbonyl (C=O) groups excluding carboxylic acids is 1. The van der Waals surface area contributed by atoms with Crippen LogP contribution in [0.25, 0.3) is 5.69 Å². The number of anilines is 1. The molecule has 128 valence electrons. The summed E-state index contributed by atoms with van der Waals surface area (Å²) in [5.41, 5.74) is 4.03. The van der Waals surface area contributed by atoms with Crippen LogP contribution in [0.3, 0.4) is 0 Å². The summed E-state index contributed by atoms with van der Waals surface area (Å²) in [6.45, 7) is 4.03. The Morgan fingerprint density at radius 2 is 1.84 bits per heavy atom. The fraction of sp³-hybridized carbons (Fsp3) is 0.158. The van der Waals surface area contributed by atoms with Gasteiger partial charge in [-0.15, -0.1) is 0 Å². The van der Waals surface area contributed by atoms with E-state index in [2.05, 4.69) is 16.4 Å². The maximum Gasteiger partial charge on any atom is 0.234 e. The highest BCUT2D eigenvalue weighted by atomic mass is 35.5. The molecular weight excluding hydrogens is 354 g/mol. The quantitative estimate of drug-likeness (QED) is 0.650. The minimum Gasteiger partial charge on any atom is -0.325 e. The van der Waals surface area contributed by atoms with Gasteiger partial charge in [-0.1, -0.05) is 29.4 Å². The van der Waals surface area contributed by atoms with Gasteiger partial charge in [-0.2, -0.15) is 0 Å². The minimum atomic E-state index is -0.0549. The smallest absolute Gasteiger partial charge is 0.234 e. The van der Waals surface area contributed by atoms with Crippen LogP contribution in [0, 0.1) is 13.8 Å². The van der Waals surface area contributed by atoms with Crippen LogP contribution in [-0.4, -0.2) is 21.2 Å². The van der Waals surface area contributed by atoms with E-state index in [1.165, 1.54) is 11.8 Å². The fourth-order valence-electron chi connectivity index (χ4n) is 2.57. The molecule has 0 aliphatic carbocycles. The molecule has 0 unspecified atom stereocenters. The predicted molar refractivity (Wildman–Crippen MR) is 104 cm³/mol. The number of aryl methyl sites for hydroxylation is 2. The summed E-state index contributed by atoms with van der Waals surface area (Å²) in [5, 5.41) is 4.39. The average Bonchev–Trinajstić information content (AvgIpc) is 3.01. The van der Waals surface area contributed by atoms with Crippen LogP contribution in [0.4, 0.5) is 5.69 Å². The first-order chi connectivity index (χ1) is 12.0. The molecular formula is C19H18ClN3OS. The lowest BCUT2D eigenvalue weighted by molar-refractivity contribution is -0.113. The summed E-state index contributed by atoms with van der Waals surface area (Å²) < 4.78 is 1.94. The first kappa shape index (κ1) is 17.6. The number of halogens is 1.